The first kappa shape index (κ1) is 17.5. The Morgan fingerprint density at radius 1 is 1.25 bits per heavy atom. The number of anilines is 3. The summed E-state index contributed by atoms with van der Waals surface area (Å²) >= 11 is 0. The summed E-state index contributed by atoms with van der Waals surface area (Å²) in [5, 5.41) is 5.42. The zero-order chi connectivity index (χ0) is 17.9. The lowest BCUT2D eigenvalue weighted by Gasteiger charge is -2.14. The van der Waals surface area contributed by atoms with Gasteiger partial charge in [-0.3, -0.25) is 4.79 Å². The van der Waals surface area contributed by atoms with Crippen LogP contribution in [0.5, 0.6) is 5.75 Å². The molecule has 2 aromatic rings. The molecule has 24 heavy (non-hydrogen) atoms. The molecule has 1 amide bonds. The molecule has 0 bridgehead atoms. The minimum absolute atomic E-state index is 0.178. The van der Waals surface area contributed by atoms with Crippen LogP contribution in [-0.2, 0) is 10.7 Å². The molecule has 0 aliphatic heterocycles. The monoisotopic (exact) mass is 337 g/mol. The molecule has 0 atom stereocenters. The summed E-state index contributed by atoms with van der Waals surface area (Å²) in [6, 6.07) is 3.04. The van der Waals surface area contributed by atoms with E-state index in [1.54, 1.807) is 6.92 Å². The number of nitrogens with zero attached hydrogens (tertiary/aromatic N) is 3. The van der Waals surface area contributed by atoms with Gasteiger partial charge in [-0.25, -0.2) is 15.0 Å². The van der Waals surface area contributed by atoms with Gasteiger partial charge in [0.2, 0.25) is 11.7 Å². The number of hydrogen-bond donors (Lipinski definition) is 2. The average Bonchev–Trinajstić information content (AvgIpc) is 2.45. The Kier molecular flexibility index (Phi) is 4.91. The second kappa shape index (κ2) is 6.73. The number of rotatable bonds is 5. The topological polar surface area (TPSA) is 89.0 Å². The fourth-order valence-corrected chi connectivity index (χ4v) is 1.92. The van der Waals surface area contributed by atoms with Gasteiger partial charge in [-0.15, -0.1) is 0 Å². The summed E-state index contributed by atoms with van der Waals surface area (Å²) in [6.07, 6.45) is 1.40. The van der Waals surface area contributed by atoms with E-state index in [0.29, 0.717) is 17.1 Å². The molecule has 0 saturated carbocycles. The Labute approximate surface area is 137 Å². The third-order valence-electron chi connectivity index (χ3n) is 2.90. The zero-order valence-corrected chi connectivity index (χ0v) is 13.6. The predicted octanol–water partition coefficient (Wildman–Crippen LogP) is 3.00. The largest absolute Gasteiger partial charge is 0.493 e. The van der Waals surface area contributed by atoms with E-state index in [1.165, 1.54) is 32.4 Å². The molecule has 0 saturated heterocycles. The van der Waals surface area contributed by atoms with Crippen LogP contribution >= 0.6 is 0 Å². The molecule has 128 valence electrons. The van der Waals surface area contributed by atoms with E-state index >= 15 is 0 Å². The average molecular weight is 337 g/mol. The Hall–Kier alpha value is -2.84. The molecule has 9 heteroatoms. The number of ether oxygens (including phenoxy) is 1. The van der Waals surface area contributed by atoms with Gasteiger partial charge < -0.3 is 15.4 Å². The molecule has 2 aromatic heterocycles. The Bertz CT molecular complexity index is 762. The van der Waals surface area contributed by atoms with E-state index in [2.05, 4.69) is 25.6 Å². The van der Waals surface area contributed by atoms with Crippen molar-refractivity contribution in [2.75, 3.05) is 17.7 Å². The van der Waals surface area contributed by atoms with Gasteiger partial charge in [0.15, 0.2) is 5.75 Å². The van der Waals surface area contributed by atoms with Crippen LogP contribution in [0, 0.1) is 6.92 Å². The van der Waals surface area contributed by atoms with E-state index in [9.17, 15) is 13.6 Å². The first-order chi connectivity index (χ1) is 11.2. The molecular weight excluding hydrogens is 320 g/mol. The summed E-state index contributed by atoms with van der Waals surface area (Å²) < 4.78 is 32.1. The fraction of sp³-hybridized carbons (Fsp3) is 0.333. The first-order valence-corrected chi connectivity index (χ1v) is 7.01. The molecule has 0 fully saturated rings. The van der Waals surface area contributed by atoms with Crippen molar-refractivity contribution >= 4 is 23.2 Å². The standard InChI is InChI=1S/C15H17F2N5O2/c1-8-5-13(22-14(19-8)15(3,16)17)21-10-6-12(20-9(2)23)18-7-11(10)24-4/h5-7H,1-4H3,(H2,18,19,20,21,22,23). The third kappa shape index (κ3) is 4.34. The Morgan fingerprint density at radius 2 is 1.96 bits per heavy atom. The number of halogens is 2. The van der Waals surface area contributed by atoms with Crippen LogP contribution in [-0.4, -0.2) is 28.0 Å². The van der Waals surface area contributed by atoms with Crippen molar-refractivity contribution in [2.45, 2.75) is 26.7 Å². The Morgan fingerprint density at radius 3 is 2.54 bits per heavy atom. The van der Waals surface area contributed by atoms with Crippen LogP contribution in [0.4, 0.5) is 26.1 Å². The molecule has 2 N–H and O–H groups in total. The second-order valence-electron chi connectivity index (χ2n) is 5.18. The molecular formula is C15H17F2N5O2. The van der Waals surface area contributed by atoms with Gasteiger partial charge in [-0.05, 0) is 6.92 Å². The van der Waals surface area contributed by atoms with E-state index in [0.717, 1.165) is 6.92 Å². The van der Waals surface area contributed by atoms with Gasteiger partial charge >= 0.3 is 5.92 Å². The van der Waals surface area contributed by atoms with Crippen LogP contribution < -0.4 is 15.4 Å². The first-order valence-electron chi connectivity index (χ1n) is 7.01. The zero-order valence-electron chi connectivity index (χ0n) is 13.6. The van der Waals surface area contributed by atoms with Crippen molar-refractivity contribution in [3.63, 3.8) is 0 Å². The number of amides is 1. The number of hydrogen-bond acceptors (Lipinski definition) is 6. The second-order valence-corrected chi connectivity index (χ2v) is 5.18. The van der Waals surface area contributed by atoms with Crippen LogP contribution in [0.2, 0.25) is 0 Å². The lowest BCUT2D eigenvalue weighted by atomic mass is 10.3. The van der Waals surface area contributed by atoms with Gasteiger partial charge in [0.25, 0.3) is 0 Å². The Balaban J connectivity index is 2.39. The number of carbonyl (C=O) groups excluding carboxylic acids is 1. The van der Waals surface area contributed by atoms with Crippen LogP contribution in [0.3, 0.4) is 0 Å². The molecule has 7 nitrogen and oxygen atoms in total. The smallest absolute Gasteiger partial charge is 0.303 e. The van der Waals surface area contributed by atoms with Crippen molar-refractivity contribution < 1.29 is 18.3 Å². The van der Waals surface area contributed by atoms with E-state index < -0.39 is 11.7 Å². The van der Waals surface area contributed by atoms with Crippen molar-refractivity contribution in [2.24, 2.45) is 0 Å². The summed E-state index contributed by atoms with van der Waals surface area (Å²) in [5.41, 5.74) is 0.804. The van der Waals surface area contributed by atoms with Gasteiger partial charge in [0.05, 0.1) is 19.0 Å². The van der Waals surface area contributed by atoms with Gasteiger partial charge in [0, 0.05) is 31.7 Å². The number of carbonyl (C=O) groups is 1. The van der Waals surface area contributed by atoms with Crippen molar-refractivity contribution in [3.05, 3.63) is 29.8 Å². The van der Waals surface area contributed by atoms with E-state index in [1.807, 2.05) is 0 Å². The maximum Gasteiger partial charge on any atom is 0.303 e. The molecule has 0 unspecified atom stereocenters. The molecule has 0 aliphatic carbocycles. The normalized spacial score (nSPS) is 11.1. The number of pyridine rings is 1. The third-order valence-corrected chi connectivity index (χ3v) is 2.90. The molecule has 2 rings (SSSR count). The van der Waals surface area contributed by atoms with Gasteiger partial charge in [-0.2, -0.15) is 8.78 Å². The van der Waals surface area contributed by atoms with Crippen LogP contribution in [0.1, 0.15) is 25.4 Å². The molecule has 0 spiro atoms. The molecule has 0 aromatic carbocycles. The lowest BCUT2D eigenvalue weighted by molar-refractivity contribution is -0.114. The number of nitrogens with one attached hydrogen (secondary N) is 2. The van der Waals surface area contributed by atoms with Gasteiger partial charge in [0.1, 0.15) is 11.6 Å². The maximum atomic E-state index is 13.5. The lowest BCUT2D eigenvalue weighted by Crippen LogP contribution is -2.14. The minimum Gasteiger partial charge on any atom is -0.493 e. The van der Waals surface area contributed by atoms with E-state index in [4.69, 9.17) is 4.74 Å². The summed E-state index contributed by atoms with van der Waals surface area (Å²) in [5.74, 6) is -3.20. The number of alkyl halides is 2. The maximum absolute atomic E-state index is 13.5. The van der Waals surface area contributed by atoms with Crippen LogP contribution in [0.25, 0.3) is 0 Å². The fourth-order valence-electron chi connectivity index (χ4n) is 1.92. The van der Waals surface area contributed by atoms with Crippen molar-refractivity contribution in [1.82, 2.24) is 15.0 Å². The van der Waals surface area contributed by atoms with Crippen molar-refractivity contribution in [1.29, 1.82) is 0 Å². The number of aryl methyl sites for hydroxylation is 1. The summed E-state index contributed by atoms with van der Waals surface area (Å²) in [7, 11) is 1.44. The minimum atomic E-state index is -3.16. The van der Waals surface area contributed by atoms with Crippen LogP contribution in [0.15, 0.2) is 18.3 Å². The van der Waals surface area contributed by atoms with E-state index in [-0.39, 0.29) is 17.5 Å². The molecule has 0 aliphatic rings. The number of aromatic nitrogens is 3. The molecule has 0 radical (unpaired) electrons. The molecule has 2 heterocycles. The highest BCUT2D eigenvalue weighted by Gasteiger charge is 2.29. The highest BCUT2D eigenvalue weighted by atomic mass is 19.3. The summed E-state index contributed by atoms with van der Waals surface area (Å²) in [6.45, 7) is 3.67. The SMILES string of the molecule is COc1cnc(NC(C)=O)cc1Nc1cc(C)nc(C(C)(F)F)n1. The highest BCUT2D eigenvalue weighted by molar-refractivity contribution is 5.88. The summed E-state index contributed by atoms with van der Waals surface area (Å²) in [4.78, 5) is 22.7. The number of methoxy groups -OCH3 is 1. The quantitative estimate of drug-likeness (QED) is 0.872. The van der Waals surface area contributed by atoms with Crippen molar-refractivity contribution in [3.8, 4) is 5.75 Å². The predicted molar refractivity (Wildman–Crippen MR) is 84.7 cm³/mol. The highest BCUT2D eigenvalue weighted by Crippen LogP contribution is 2.30. The van der Waals surface area contributed by atoms with Gasteiger partial charge in [-0.1, -0.05) is 0 Å².